The van der Waals surface area contributed by atoms with Crippen molar-refractivity contribution in [1.29, 1.82) is 0 Å². The Kier molecular flexibility index (Phi) is 42.9. The first-order valence-corrected chi connectivity index (χ1v) is 24.2. The van der Waals surface area contributed by atoms with Gasteiger partial charge >= 0.3 is 0 Å². The summed E-state index contributed by atoms with van der Waals surface area (Å²) in [7, 11) is 0. The number of carbonyl (C=O) groups is 1. The van der Waals surface area contributed by atoms with Crippen LogP contribution in [0.2, 0.25) is 0 Å². The normalized spacial score (nSPS) is 14.2. The van der Waals surface area contributed by atoms with Crippen molar-refractivity contribution in [3.8, 4) is 0 Å². The van der Waals surface area contributed by atoms with Gasteiger partial charge in [0.15, 0.2) is 0 Å². The van der Waals surface area contributed by atoms with Crippen LogP contribution >= 0.6 is 0 Å². The molecule has 0 rings (SSSR count). The first-order chi connectivity index (χ1) is 27.0. The number of rotatable bonds is 44. The van der Waals surface area contributed by atoms with Gasteiger partial charge in [0, 0.05) is 0 Å². The molecule has 0 saturated heterocycles. The minimum absolute atomic E-state index is 0.357. The van der Waals surface area contributed by atoms with Gasteiger partial charge in [0.2, 0.25) is 5.91 Å². The lowest BCUT2D eigenvalue weighted by atomic mass is 10.00. The molecule has 0 aliphatic carbocycles. The lowest BCUT2D eigenvalue weighted by molar-refractivity contribution is -0.132. The summed E-state index contributed by atoms with van der Waals surface area (Å²) in [4.78, 5) is 12.5. The molecule has 55 heavy (non-hydrogen) atoms. The molecular weight excluding hydrogens is 683 g/mol. The third kappa shape index (κ3) is 38.1. The van der Waals surface area contributed by atoms with E-state index in [2.05, 4.69) is 43.5 Å². The Hall–Kier alpha value is -1.21. The number of allylic oxidation sites excluding steroid dienone is 4. The highest BCUT2D eigenvalue weighted by molar-refractivity contribution is 5.80. The molecule has 6 nitrogen and oxygen atoms in total. The molecule has 0 radical (unpaired) electrons. The molecular formula is C49H95NO5. The van der Waals surface area contributed by atoms with Crippen LogP contribution in [0.4, 0.5) is 0 Å². The minimum atomic E-state index is -1.28. The second kappa shape index (κ2) is 43.9. The van der Waals surface area contributed by atoms with E-state index in [4.69, 9.17) is 0 Å². The Balaban J connectivity index is 3.73. The average Bonchev–Trinajstić information content (AvgIpc) is 3.19. The molecule has 0 aromatic heterocycles. The van der Waals surface area contributed by atoms with Crippen LogP contribution in [0.5, 0.6) is 0 Å². The number of carbonyl (C=O) groups excluding carboxylic acids is 1. The summed E-state index contributed by atoms with van der Waals surface area (Å²) < 4.78 is 0. The van der Waals surface area contributed by atoms with Gasteiger partial charge in [0.25, 0.3) is 0 Å². The van der Waals surface area contributed by atoms with Crippen molar-refractivity contribution < 1.29 is 25.2 Å². The highest BCUT2D eigenvalue weighted by Gasteiger charge is 2.28. The molecule has 0 heterocycles. The van der Waals surface area contributed by atoms with Crippen molar-refractivity contribution in [2.75, 3.05) is 6.61 Å². The fraction of sp³-hybridized carbons (Fsp3) is 0.898. The lowest BCUT2D eigenvalue weighted by Gasteiger charge is -2.27. The molecule has 1 amide bonds. The van der Waals surface area contributed by atoms with Gasteiger partial charge in [-0.05, 0) is 64.2 Å². The van der Waals surface area contributed by atoms with Crippen molar-refractivity contribution in [2.24, 2.45) is 0 Å². The third-order valence-electron chi connectivity index (χ3n) is 11.4. The van der Waals surface area contributed by atoms with Crippen LogP contribution in [-0.4, -0.2) is 57.3 Å². The summed E-state index contributed by atoms with van der Waals surface area (Å²) in [6.07, 6.45) is 50.8. The zero-order valence-electron chi connectivity index (χ0n) is 36.7. The van der Waals surface area contributed by atoms with E-state index in [0.717, 1.165) is 44.9 Å². The number of aliphatic hydroxyl groups excluding tert-OH is 4. The molecule has 5 N–H and O–H groups in total. The molecule has 0 spiro atoms. The monoisotopic (exact) mass is 778 g/mol. The predicted octanol–water partition coefficient (Wildman–Crippen LogP) is 13.1. The van der Waals surface area contributed by atoms with Crippen LogP contribution in [0.15, 0.2) is 24.3 Å². The van der Waals surface area contributed by atoms with E-state index in [1.807, 2.05) is 0 Å². The van der Waals surface area contributed by atoms with Crippen molar-refractivity contribution in [3.05, 3.63) is 24.3 Å². The molecule has 0 fully saturated rings. The molecule has 0 aliphatic rings. The lowest BCUT2D eigenvalue weighted by Crippen LogP contribution is -2.53. The molecule has 0 bridgehead atoms. The maximum absolute atomic E-state index is 12.5. The van der Waals surface area contributed by atoms with Crippen LogP contribution in [0, 0.1) is 0 Å². The SMILES string of the molecule is CCCCCCCCCCCCCC/C=C\CCCCCCCCC(O)C(=O)NC(CO)C(O)C(O)CCC/C=C/CCCCCCCCCCCCCC. The third-order valence-corrected chi connectivity index (χ3v) is 11.4. The van der Waals surface area contributed by atoms with Crippen LogP contribution in [0.25, 0.3) is 0 Å². The van der Waals surface area contributed by atoms with Gasteiger partial charge in [-0.2, -0.15) is 0 Å². The Morgan fingerprint density at radius 3 is 1.09 bits per heavy atom. The maximum atomic E-state index is 12.5. The molecule has 0 aromatic carbocycles. The van der Waals surface area contributed by atoms with E-state index in [9.17, 15) is 25.2 Å². The van der Waals surface area contributed by atoms with E-state index < -0.39 is 36.9 Å². The molecule has 4 unspecified atom stereocenters. The summed E-state index contributed by atoms with van der Waals surface area (Å²) >= 11 is 0. The minimum Gasteiger partial charge on any atom is -0.394 e. The van der Waals surface area contributed by atoms with Gasteiger partial charge in [-0.25, -0.2) is 0 Å². The topological polar surface area (TPSA) is 110 Å². The average molecular weight is 778 g/mol. The van der Waals surface area contributed by atoms with Gasteiger partial charge in [-0.3, -0.25) is 4.79 Å². The van der Waals surface area contributed by atoms with Crippen LogP contribution < -0.4 is 5.32 Å². The molecule has 0 aromatic rings. The highest BCUT2D eigenvalue weighted by atomic mass is 16.3. The Morgan fingerprint density at radius 2 is 0.745 bits per heavy atom. The van der Waals surface area contributed by atoms with Gasteiger partial charge in [-0.15, -0.1) is 0 Å². The summed E-state index contributed by atoms with van der Waals surface area (Å²) in [5.74, 6) is -0.596. The van der Waals surface area contributed by atoms with Gasteiger partial charge in [0.05, 0.1) is 18.8 Å². The van der Waals surface area contributed by atoms with E-state index in [1.54, 1.807) is 0 Å². The Morgan fingerprint density at radius 1 is 0.436 bits per heavy atom. The number of aliphatic hydroxyl groups is 4. The number of hydrogen-bond donors (Lipinski definition) is 5. The first kappa shape index (κ1) is 53.8. The van der Waals surface area contributed by atoms with E-state index in [1.165, 1.54) is 180 Å². The number of nitrogens with one attached hydrogen (secondary N) is 1. The molecule has 0 aliphatic heterocycles. The Labute approximate surface area is 342 Å². The van der Waals surface area contributed by atoms with Crippen LogP contribution in [0.1, 0.15) is 251 Å². The van der Waals surface area contributed by atoms with Gasteiger partial charge in [-0.1, -0.05) is 212 Å². The molecule has 4 atom stereocenters. The van der Waals surface area contributed by atoms with Crippen LogP contribution in [0.3, 0.4) is 0 Å². The predicted molar refractivity (Wildman–Crippen MR) is 237 cm³/mol. The second-order valence-electron chi connectivity index (χ2n) is 16.8. The zero-order valence-corrected chi connectivity index (χ0v) is 36.7. The summed E-state index contributed by atoms with van der Waals surface area (Å²) in [5.41, 5.74) is 0. The molecule has 326 valence electrons. The van der Waals surface area contributed by atoms with Crippen molar-refractivity contribution in [3.63, 3.8) is 0 Å². The van der Waals surface area contributed by atoms with Crippen LogP contribution in [-0.2, 0) is 4.79 Å². The maximum Gasteiger partial charge on any atom is 0.249 e. The van der Waals surface area contributed by atoms with E-state index in [-0.39, 0.29) is 0 Å². The Bertz CT molecular complexity index is 832. The first-order valence-electron chi connectivity index (χ1n) is 24.2. The highest BCUT2D eigenvalue weighted by Crippen LogP contribution is 2.16. The number of unbranched alkanes of at least 4 members (excludes halogenated alkanes) is 31. The van der Waals surface area contributed by atoms with E-state index in [0.29, 0.717) is 12.8 Å². The number of amides is 1. The smallest absolute Gasteiger partial charge is 0.249 e. The number of hydrogen-bond acceptors (Lipinski definition) is 5. The fourth-order valence-electron chi connectivity index (χ4n) is 7.52. The second-order valence-corrected chi connectivity index (χ2v) is 16.8. The van der Waals surface area contributed by atoms with Crippen molar-refractivity contribution >= 4 is 5.91 Å². The zero-order chi connectivity index (χ0) is 40.3. The summed E-state index contributed by atoms with van der Waals surface area (Å²) in [6, 6.07) is -1.00. The fourth-order valence-corrected chi connectivity index (χ4v) is 7.52. The van der Waals surface area contributed by atoms with Gasteiger partial charge in [0.1, 0.15) is 12.2 Å². The summed E-state index contributed by atoms with van der Waals surface area (Å²) in [5, 5.41) is 43.7. The van der Waals surface area contributed by atoms with Crippen molar-refractivity contribution in [1.82, 2.24) is 5.32 Å². The quantitative estimate of drug-likeness (QED) is 0.0313. The van der Waals surface area contributed by atoms with Crippen molar-refractivity contribution in [2.45, 2.75) is 276 Å². The summed E-state index contributed by atoms with van der Waals surface area (Å²) in [6.45, 7) is 4.05. The van der Waals surface area contributed by atoms with Gasteiger partial charge < -0.3 is 25.7 Å². The molecule has 6 heteroatoms. The molecule has 0 saturated carbocycles. The largest absolute Gasteiger partial charge is 0.394 e. The standard InChI is InChI=1S/C49H95NO5/c1-3-5-7-9-11-13-15-17-19-21-22-23-24-25-27-29-31-33-35-37-39-41-43-47(53)49(55)50-45(44-51)48(54)46(52)42-40-38-36-34-32-30-28-26-20-18-16-14-12-10-8-6-4-2/h25,27,34,36,45-48,51-54H,3-24,26,28-33,35,37-44H2,1-2H3,(H,50,55)/b27-25-,36-34+. The van der Waals surface area contributed by atoms with E-state index >= 15 is 0 Å².